The summed E-state index contributed by atoms with van der Waals surface area (Å²) in [6, 6.07) is 10.8. The third-order valence-electron chi connectivity index (χ3n) is 2.49. The van der Waals surface area contributed by atoms with E-state index in [1.807, 2.05) is 30.3 Å². The van der Waals surface area contributed by atoms with Crippen molar-refractivity contribution in [1.82, 2.24) is 0 Å². The summed E-state index contributed by atoms with van der Waals surface area (Å²) in [4.78, 5) is 11.5. The quantitative estimate of drug-likeness (QED) is 0.774. The predicted octanol–water partition coefficient (Wildman–Crippen LogP) is 3.06. The number of aromatic hydroxyl groups is 1. The fraction of sp³-hybridized carbons (Fsp3) is 0.0714. The summed E-state index contributed by atoms with van der Waals surface area (Å²) in [5.74, 6) is -0.0974. The van der Waals surface area contributed by atoms with E-state index in [0.29, 0.717) is 11.3 Å². The van der Waals surface area contributed by atoms with Crippen LogP contribution in [-0.4, -0.2) is 11.0 Å². The highest BCUT2D eigenvalue weighted by atomic mass is 16.3. The fourth-order valence-corrected chi connectivity index (χ4v) is 1.60. The van der Waals surface area contributed by atoms with Crippen LogP contribution >= 0.6 is 0 Å². The highest BCUT2D eigenvalue weighted by Crippen LogP contribution is 2.28. The largest absolute Gasteiger partial charge is 0.507 e. The molecule has 86 valence electrons. The molecule has 2 aromatic carbocycles. The average Bonchev–Trinajstić information content (AvgIpc) is 2.29. The van der Waals surface area contributed by atoms with E-state index in [9.17, 15) is 9.90 Å². The van der Waals surface area contributed by atoms with Gasteiger partial charge in [-0.3, -0.25) is 4.79 Å². The van der Waals surface area contributed by atoms with Crippen molar-refractivity contribution in [2.75, 3.05) is 5.32 Å². The number of fused-ring (bicyclic) bond motifs is 1. The van der Waals surface area contributed by atoms with Crippen LogP contribution in [0.2, 0.25) is 0 Å². The molecule has 17 heavy (non-hydrogen) atoms. The van der Waals surface area contributed by atoms with Gasteiger partial charge in [0.25, 0.3) is 5.91 Å². The number of hydrogen-bond donors (Lipinski definition) is 2. The van der Waals surface area contributed by atoms with E-state index in [4.69, 9.17) is 0 Å². The molecule has 0 aromatic heterocycles. The van der Waals surface area contributed by atoms with E-state index in [-0.39, 0.29) is 11.7 Å². The van der Waals surface area contributed by atoms with Crippen molar-refractivity contribution in [3.8, 4) is 5.75 Å². The van der Waals surface area contributed by atoms with Gasteiger partial charge in [0.2, 0.25) is 0 Å². The Morgan fingerprint density at radius 3 is 2.71 bits per heavy atom. The van der Waals surface area contributed by atoms with Crippen LogP contribution in [0.5, 0.6) is 5.75 Å². The van der Waals surface area contributed by atoms with Crippen LogP contribution in [-0.2, 0) is 4.79 Å². The molecule has 2 aromatic rings. The lowest BCUT2D eigenvalue weighted by molar-refractivity contribution is -0.112. The number of anilines is 1. The van der Waals surface area contributed by atoms with E-state index >= 15 is 0 Å². The van der Waals surface area contributed by atoms with E-state index < -0.39 is 0 Å². The maximum absolute atomic E-state index is 11.5. The Morgan fingerprint density at radius 2 is 2.00 bits per heavy atom. The summed E-state index contributed by atoms with van der Waals surface area (Å²) < 4.78 is 0. The van der Waals surface area contributed by atoms with Crippen molar-refractivity contribution in [2.45, 2.75) is 6.92 Å². The monoisotopic (exact) mass is 227 g/mol. The number of rotatable bonds is 2. The van der Waals surface area contributed by atoms with Crippen molar-refractivity contribution >= 4 is 22.4 Å². The van der Waals surface area contributed by atoms with E-state index in [2.05, 4.69) is 11.9 Å². The Kier molecular flexibility index (Phi) is 2.83. The number of phenolic OH excluding ortho intramolecular Hbond substituents is 1. The normalized spacial score (nSPS) is 10.2. The second-order valence-corrected chi connectivity index (χ2v) is 3.95. The van der Waals surface area contributed by atoms with Gasteiger partial charge in [-0.25, -0.2) is 0 Å². The van der Waals surface area contributed by atoms with Crippen molar-refractivity contribution in [1.29, 1.82) is 0 Å². The van der Waals surface area contributed by atoms with Crippen LogP contribution < -0.4 is 5.32 Å². The topological polar surface area (TPSA) is 49.3 Å². The molecule has 0 atom stereocenters. The molecule has 0 saturated carbocycles. The van der Waals surface area contributed by atoms with Gasteiger partial charge in [0.05, 0.1) is 0 Å². The average molecular weight is 227 g/mol. The zero-order valence-electron chi connectivity index (χ0n) is 9.53. The molecule has 0 heterocycles. The van der Waals surface area contributed by atoms with Crippen LogP contribution in [0.1, 0.15) is 6.92 Å². The summed E-state index contributed by atoms with van der Waals surface area (Å²) in [6.45, 7) is 5.20. The zero-order valence-corrected chi connectivity index (χ0v) is 9.53. The molecule has 0 radical (unpaired) electrons. The van der Waals surface area contributed by atoms with Gasteiger partial charge >= 0.3 is 0 Å². The SMILES string of the molecule is C=C(C)C(=O)Nc1cc(O)c2ccccc2c1. The Bertz CT molecular complexity index is 602. The molecule has 2 rings (SSSR count). The van der Waals surface area contributed by atoms with Crippen LogP contribution in [0, 0.1) is 0 Å². The summed E-state index contributed by atoms with van der Waals surface area (Å²) >= 11 is 0. The molecule has 0 spiro atoms. The first-order valence-electron chi connectivity index (χ1n) is 5.26. The third-order valence-corrected chi connectivity index (χ3v) is 2.49. The molecule has 1 amide bonds. The van der Waals surface area contributed by atoms with Gasteiger partial charge in [0.1, 0.15) is 5.75 Å². The molecule has 0 bridgehead atoms. The summed E-state index contributed by atoms with van der Waals surface area (Å²) in [5, 5.41) is 14.1. The number of benzene rings is 2. The maximum Gasteiger partial charge on any atom is 0.250 e. The highest BCUT2D eigenvalue weighted by Gasteiger charge is 2.06. The predicted molar refractivity (Wildman–Crippen MR) is 69.1 cm³/mol. The summed E-state index contributed by atoms with van der Waals surface area (Å²) in [6.07, 6.45) is 0. The van der Waals surface area contributed by atoms with Crippen LogP contribution in [0.15, 0.2) is 48.6 Å². The number of phenols is 1. The molecule has 3 heteroatoms. The molecule has 0 unspecified atom stereocenters. The van der Waals surface area contributed by atoms with Gasteiger partial charge < -0.3 is 10.4 Å². The van der Waals surface area contributed by atoms with E-state index in [1.54, 1.807) is 6.92 Å². The number of carbonyl (C=O) groups is 1. The third kappa shape index (κ3) is 2.28. The van der Waals surface area contributed by atoms with Gasteiger partial charge in [-0.2, -0.15) is 0 Å². The Morgan fingerprint density at radius 1 is 1.29 bits per heavy atom. The van der Waals surface area contributed by atoms with E-state index in [1.165, 1.54) is 6.07 Å². The Balaban J connectivity index is 2.43. The van der Waals surface area contributed by atoms with Crippen molar-refractivity contribution < 1.29 is 9.90 Å². The standard InChI is InChI=1S/C14H13NO2/c1-9(2)14(17)15-11-7-10-5-3-4-6-12(10)13(16)8-11/h3-8,16H,1H2,2H3,(H,15,17). The number of amides is 1. The molecule has 3 nitrogen and oxygen atoms in total. The number of nitrogens with one attached hydrogen (secondary N) is 1. The first-order chi connectivity index (χ1) is 8.08. The number of hydrogen-bond acceptors (Lipinski definition) is 2. The van der Waals surface area contributed by atoms with Gasteiger partial charge in [-0.05, 0) is 18.4 Å². The lowest BCUT2D eigenvalue weighted by Gasteiger charge is -2.07. The Hall–Kier alpha value is -2.29. The van der Waals surface area contributed by atoms with Gasteiger partial charge in [-0.15, -0.1) is 0 Å². The molecular weight excluding hydrogens is 214 g/mol. The molecule has 0 aliphatic heterocycles. The minimum Gasteiger partial charge on any atom is -0.507 e. The first kappa shape index (κ1) is 11.2. The molecule has 0 aliphatic rings. The highest BCUT2D eigenvalue weighted by molar-refractivity contribution is 6.04. The minimum absolute atomic E-state index is 0.153. The van der Waals surface area contributed by atoms with Gasteiger partial charge in [0, 0.05) is 22.7 Å². The number of carbonyl (C=O) groups excluding carboxylic acids is 1. The minimum atomic E-state index is -0.250. The van der Waals surface area contributed by atoms with Gasteiger partial charge in [-0.1, -0.05) is 30.8 Å². The summed E-state index contributed by atoms with van der Waals surface area (Å²) in [5.41, 5.74) is 0.992. The lowest BCUT2D eigenvalue weighted by atomic mass is 10.1. The van der Waals surface area contributed by atoms with Crippen molar-refractivity contribution in [3.63, 3.8) is 0 Å². The lowest BCUT2D eigenvalue weighted by Crippen LogP contribution is -2.11. The van der Waals surface area contributed by atoms with Crippen molar-refractivity contribution in [2.24, 2.45) is 0 Å². The van der Waals surface area contributed by atoms with Gasteiger partial charge in [0.15, 0.2) is 0 Å². The Labute approximate surface area is 99.4 Å². The molecule has 0 saturated heterocycles. The van der Waals surface area contributed by atoms with Crippen molar-refractivity contribution in [3.05, 3.63) is 48.6 Å². The van der Waals surface area contributed by atoms with E-state index in [0.717, 1.165) is 10.8 Å². The molecular formula is C14H13NO2. The molecule has 2 N–H and O–H groups in total. The van der Waals surface area contributed by atoms with Crippen LogP contribution in [0.3, 0.4) is 0 Å². The zero-order chi connectivity index (χ0) is 12.4. The second kappa shape index (κ2) is 4.29. The fourth-order valence-electron chi connectivity index (χ4n) is 1.60. The summed E-state index contributed by atoms with van der Waals surface area (Å²) in [7, 11) is 0. The van der Waals surface area contributed by atoms with Crippen LogP contribution in [0.4, 0.5) is 5.69 Å². The van der Waals surface area contributed by atoms with Crippen LogP contribution in [0.25, 0.3) is 10.8 Å². The second-order valence-electron chi connectivity index (χ2n) is 3.95. The smallest absolute Gasteiger partial charge is 0.250 e. The molecule has 0 fully saturated rings. The molecule has 0 aliphatic carbocycles. The maximum atomic E-state index is 11.5. The first-order valence-corrected chi connectivity index (χ1v) is 5.26.